The predicted octanol–water partition coefficient (Wildman–Crippen LogP) is 7.40. The number of hydrogen-bond acceptors (Lipinski definition) is 8. The van der Waals surface area contributed by atoms with Crippen molar-refractivity contribution in [3.63, 3.8) is 0 Å². The van der Waals surface area contributed by atoms with Gasteiger partial charge >= 0.3 is 0 Å². The quantitative estimate of drug-likeness (QED) is 0.0739. The maximum Gasteiger partial charge on any atom is 0.270 e. The van der Waals surface area contributed by atoms with Crippen molar-refractivity contribution in [2.24, 2.45) is 24.9 Å². The van der Waals surface area contributed by atoms with Gasteiger partial charge in [0.1, 0.15) is 11.4 Å². The summed E-state index contributed by atoms with van der Waals surface area (Å²) in [7, 11) is 3.60. The molecule has 48 heavy (non-hydrogen) atoms. The molecule has 2 heterocycles. The van der Waals surface area contributed by atoms with E-state index < -0.39 is 9.85 Å². The molecule has 2 aromatic heterocycles. The molecule has 12 nitrogen and oxygen atoms in total. The smallest absolute Gasteiger partial charge is 0.270 e. The molecule has 0 radical (unpaired) electrons. The van der Waals surface area contributed by atoms with Gasteiger partial charge in [-0.3, -0.25) is 29.6 Å². The first-order valence-corrected chi connectivity index (χ1v) is 15.7. The van der Waals surface area contributed by atoms with Crippen LogP contribution in [0.5, 0.6) is 0 Å². The molecule has 12 heteroatoms. The van der Waals surface area contributed by atoms with E-state index in [9.17, 15) is 20.2 Å². The van der Waals surface area contributed by atoms with Crippen LogP contribution >= 0.6 is 0 Å². The van der Waals surface area contributed by atoms with Gasteiger partial charge in [-0.05, 0) is 66.5 Å². The van der Waals surface area contributed by atoms with Crippen LogP contribution in [0.1, 0.15) is 65.5 Å². The van der Waals surface area contributed by atoms with E-state index in [0.717, 1.165) is 24.2 Å². The zero-order valence-electron chi connectivity index (χ0n) is 28.8. The van der Waals surface area contributed by atoms with Crippen molar-refractivity contribution in [1.82, 2.24) is 19.6 Å². The van der Waals surface area contributed by atoms with Gasteiger partial charge in [0.05, 0.1) is 21.0 Å². The number of nitrogens with one attached hydrogen (secondary N) is 2. The highest BCUT2D eigenvalue weighted by molar-refractivity contribution is 5.82. The topological polar surface area (TPSA) is 146 Å². The third-order valence-electron chi connectivity index (χ3n) is 6.97. The van der Waals surface area contributed by atoms with Gasteiger partial charge in [-0.25, -0.2) is 0 Å². The summed E-state index contributed by atoms with van der Waals surface area (Å²) in [5.74, 6) is 12.9. The van der Waals surface area contributed by atoms with Crippen molar-refractivity contribution < 1.29 is 9.85 Å². The predicted molar refractivity (Wildman–Crippen MR) is 189 cm³/mol. The lowest BCUT2D eigenvalue weighted by molar-refractivity contribution is -0.385. The Morgan fingerprint density at radius 1 is 0.688 bits per heavy atom. The van der Waals surface area contributed by atoms with Crippen molar-refractivity contribution in [2.45, 2.75) is 54.4 Å². The van der Waals surface area contributed by atoms with Crippen LogP contribution in [0.25, 0.3) is 22.5 Å². The molecule has 0 saturated heterocycles. The molecular formula is C36H42N8O4. The Morgan fingerprint density at radius 2 is 1.06 bits per heavy atom. The first-order chi connectivity index (χ1) is 22.5. The van der Waals surface area contributed by atoms with Gasteiger partial charge in [-0.15, -0.1) is 0 Å². The minimum atomic E-state index is -0.417. The zero-order valence-corrected chi connectivity index (χ0v) is 28.8. The molecule has 2 aromatic carbocycles. The van der Waals surface area contributed by atoms with Crippen LogP contribution in [0, 0.1) is 54.7 Å². The Balaban J connectivity index is 1.49. The number of unbranched alkanes of at least 4 members (excludes halogenated alkanes) is 1. The Morgan fingerprint density at radius 3 is 1.40 bits per heavy atom. The van der Waals surface area contributed by atoms with Crippen molar-refractivity contribution in [3.05, 3.63) is 80.1 Å². The van der Waals surface area contributed by atoms with E-state index in [2.05, 4.69) is 44.5 Å². The fraction of sp³-hybridized carbons (Fsp3) is 0.389. The van der Waals surface area contributed by atoms with Crippen LogP contribution in [0.4, 0.5) is 22.7 Å². The molecule has 250 valence electrons. The van der Waals surface area contributed by atoms with Crippen molar-refractivity contribution in [1.29, 1.82) is 0 Å². The van der Waals surface area contributed by atoms with Crippen molar-refractivity contribution >= 4 is 22.7 Å². The van der Waals surface area contributed by atoms with Crippen LogP contribution in [0.3, 0.4) is 0 Å². The first kappa shape index (κ1) is 35.2. The summed E-state index contributed by atoms with van der Waals surface area (Å²) in [6, 6.07) is 9.43. The molecule has 0 atom stereocenters. The lowest BCUT2D eigenvalue weighted by Crippen LogP contribution is -2.08. The summed E-state index contributed by atoms with van der Waals surface area (Å²) in [5, 5.41) is 39.3. The molecule has 0 aliphatic rings. The Kier molecular flexibility index (Phi) is 10.6. The van der Waals surface area contributed by atoms with Gasteiger partial charge in [0.15, 0.2) is 0 Å². The van der Waals surface area contributed by atoms with Gasteiger partial charge in [-0.2, -0.15) is 10.2 Å². The minimum absolute atomic E-state index is 0.0283. The number of nitro groups is 2. The number of non-ortho nitro benzene ring substituents is 2. The van der Waals surface area contributed by atoms with Gasteiger partial charge < -0.3 is 10.6 Å². The van der Waals surface area contributed by atoms with Crippen LogP contribution in [-0.2, 0) is 14.1 Å². The van der Waals surface area contributed by atoms with Crippen LogP contribution in [0.2, 0.25) is 0 Å². The summed E-state index contributed by atoms with van der Waals surface area (Å²) >= 11 is 0. The summed E-state index contributed by atoms with van der Waals surface area (Å²) < 4.78 is 3.32. The highest BCUT2D eigenvalue weighted by Gasteiger charge is 2.20. The maximum atomic E-state index is 11.6. The molecule has 0 unspecified atom stereocenters. The number of hydrogen-bond donors (Lipinski definition) is 2. The van der Waals surface area contributed by atoms with Crippen LogP contribution in [-0.4, -0.2) is 42.5 Å². The molecule has 0 fully saturated rings. The Hall–Kier alpha value is -5.62. The number of nitrogens with zero attached hydrogens (tertiary/aromatic N) is 6. The standard InChI is InChI=1S/C36H42N8O4/c1-35(2,3)17-15-25-23-41(7)39-33(25)29-21-27(43(45)46)11-13-31(29)37-19-9-10-20-38-32-14-12-28(44(47)48)22-30(32)34-26(24-42(8)40-34)16-18-36(4,5)6/h11-14,21-24,37-38H,9-10,19-20H2,1-8H3. The Labute approximate surface area is 281 Å². The molecule has 2 N–H and O–H groups in total. The van der Waals surface area contributed by atoms with E-state index in [0.29, 0.717) is 46.7 Å². The van der Waals surface area contributed by atoms with E-state index in [1.165, 1.54) is 24.3 Å². The highest BCUT2D eigenvalue weighted by Crippen LogP contribution is 2.34. The van der Waals surface area contributed by atoms with Gasteiger partial charge in [0, 0.05) is 97.2 Å². The molecule has 4 aromatic rings. The molecule has 0 amide bonds. The van der Waals surface area contributed by atoms with Gasteiger partial charge in [0.25, 0.3) is 11.4 Å². The average molecular weight is 651 g/mol. The summed E-state index contributed by atoms with van der Waals surface area (Å²) in [6.07, 6.45) is 5.19. The van der Waals surface area contributed by atoms with Crippen molar-refractivity contribution in [3.8, 4) is 46.2 Å². The summed E-state index contributed by atoms with van der Waals surface area (Å²) in [5.41, 5.74) is 4.71. The second kappa shape index (κ2) is 14.4. The first-order valence-electron chi connectivity index (χ1n) is 15.7. The van der Waals surface area contributed by atoms with Crippen LogP contribution < -0.4 is 10.6 Å². The van der Waals surface area contributed by atoms with Crippen LogP contribution in [0.15, 0.2) is 48.8 Å². The number of nitro benzene ring substituents is 2. The number of benzene rings is 2. The number of aryl methyl sites for hydroxylation is 2. The Bertz CT molecular complexity index is 1810. The molecule has 4 rings (SSSR count). The van der Waals surface area contributed by atoms with Gasteiger partial charge in [-0.1, -0.05) is 23.7 Å². The van der Waals surface area contributed by atoms with E-state index in [-0.39, 0.29) is 22.2 Å². The molecule has 0 aliphatic carbocycles. The lowest BCUT2D eigenvalue weighted by Gasteiger charge is -2.13. The molecule has 0 spiro atoms. The number of anilines is 2. The number of rotatable bonds is 11. The van der Waals surface area contributed by atoms with Crippen molar-refractivity contribution in [2.75, 3.05) is 23.7 Å². The van der Waals surface area contributed by atoms with E-state index in [1.807, 2.05) is 53.9 Å². The third-order valence-corrected chi connectivity index (χ3v) is 6.97. The fourth-order valence-corrected chi connectivity index (χ4v) is 4.76. The molecule has 0 saturated carbocycles. The maximum absolute atomic E-state index is 11.6. The average Bonchev–Trinajstić information content (AvgIpc) is 3.57. The van der Waals surface area contributed by atoms with E-state index >= 15 is 0 Å². The number of aromatic nitrogens is 4. The SMILES string of the molecule is Cn1cc(C#CC(C)(C)C)c(-c2cc([N+](=O)[O-])ccc2NCCCCNc2ccc([N+](=O)[O-])cc2-c2nn(C)cc2C#CC(C)(C)C)n1. The molecule has 0 aliphatic heterocycles. The second-order valence-electron chi connectivity index (χ2n) is 13.7. The van der Waals surface area contributed by atoms with E-state index in [4.69, 9.17) is 0 Å². The second-order valence-corrected chi connectivity index (χ2v) is 13.7. The third kappa shape index (κ3) is 9.46. The largest absolute Gasteiger partial charge is 0.384 e. The zero-order chi connectivity index (χ0) is 35.2. The summed E-state index contributed by atoms with van der Waals surface area (Å²) in [4.78, 5) is 22.4. The minimum Gasteiger partial charge on any atom is -0.384 e. The van der Waals surface area contributed by atoms with Gasteiger partial charge in [0.2, 0.25) is 0 Å². The lowest BCUT2D eigenvalue weighted by atomic mass is 9.97. The fourth-order valence-electron chi connectivity index (χ4n) is 4.76. The van der Waals surface area contributed by atoms with E-state index in [1.54, 1.807) is 35.6 Å². The molecule has 0 bridgehead atoms. The summed E-state index contributed by atoms with van der Waals surface area (Å²) in [6.45, 7) is 13.3. The highest BCUT2D eigenvalue weighted by atomic mass is 16.6. The normalized spacial score (nSPS) is 11.2. The monoisotopic (exact) mass is 650 g/mol. The molecular weight excluding hydrogens is 608 g/mol.